The molecular weight excluding hydrogens is 1210 g/mol. The van der Waals surface area contributed by atoms with Crippen molar-refractivity contribution in [3.63, 3.8) is 0 Å². The van der Waals surface area contributed by atoms with Gasteiger partial charge in [0.1, 0.15) is 19.8 Å². The van der Waals surface area contributed by atoms with Crippen molar-refractivity contribution in [2.75, 3.05) is 47.5 Å². The molecule has 0 heterocycles. The molecule has 0 aromatic carbocycles. The molecule has 2 atom stereocenters. The zero-order valence-corrected chi connectivity index (χ0v) is 65.0. The SMILES string of the molecule is CC/C=C\C/C=C\C/C=C\C/C=C\CCCCCCCCCCCCCCCCCCCCCCCCCCCCCCC(=O)OC(COC(=O)CCCCCCCCCCCCCCCCCC/C=C\C/C=C\C/C=C\CCCCCCC)COP(=O)(O)OCC[N+](C)(C)C. The Morgan fingerprint density at radius 2 is 0.594 bits per heavy atom. The maximum absolute atomic E-state index is 12.9. The van der Waals surface area contributed by atoms with E-state index < -0.39 is 26.5 Å². The molecule has 560 valence electrons. The van der Waals surface area contributed by atoms with Gasteiger partial charge in [-0.05, 0) is 89.9 Å². The van der Waals surface area contributed by atoms with Gasteiger partial charge in [-0.2, -0.15) is 0 Å². The van der Waals surface area contributed by atoms with Crippen LogP contribution in [0.2, 0.25) is 0 Å². The molecule has 1 N–H and O–H groups in total. The van der Waals surface area contributed by atoms with E-state index in [9.17, 15) is 19.0 Å². The summed E-state index contributed by atoms with van der Waals surface area (Å²) in [6.45, 7) is 4.37. The van der Waals surface area contributed by atoms with E-state index in [-0.39, 0.29) is 25.6 Å². The number of hydrogen-bond donors (Lipinski definition) is 1. The third kappa shape index (κ3) is 80.2. The molecule has 9 nitrogen and oxygen atoms in total. The van der Waals surface area contributed by atoms with Crippen molar-refractivity contribution in [2.45, 2.75) is 405 Å². The van der Waals surface area contributed by atoms with Gasteiger partial charge in [0, 0.05) is 12.8 Å². The first-order chi connectivity index (χ1) is 47.0. The number of rotatable bonds is 77. The highest BCUT2D eigenvalue weighted by Crippen LogP contribution is 2.43. The minimum absolute atomic E-state index is 0.0327. The van der Waals surface area contributed by atoms with Crippen LogP contribution < -0.4 is 0 Å². The van der Waals surface area contributed by atoms with Crippen LogP contribution in [0.4, 0.5) is 0 Å². The van der Waals surface area contributed by atoms with E-state index in [4.69, 9.17) is 18.5 Å². The number of quaternary nitrogens is 1. The van der Waals surface area contributed by atoms with Crippen LogP contribution in [-0.4, -0.2) is 74.9 Å². The molecule has 0 saturated carbocycles. The third-order valence-electron chi connectivity index (χ3n) is 18.4. The smallest absolute Gasteiger partial charge is 0.462 e. The van der Waals surface area contributed by atoms with Crippen LogP contribution in [0, 0.1) is 0 Å². The molecule has 0 amide bonds. The second-order valence-electron chi connectivity index (χ2n) is 29.1. The molecule has 0 bridgehead atoms. The van der Waals surface area contributed by atoms with Gasteiger partial charge in [-0.3, -0.25) is 18.6 Å². The van der Waals surface area contributed by atoms with Gasteiger partial charge >= 0.3 is 19.8 Å². The zero-order valence-electron chi connectivity index (χ0n) is 64.1. The molecule has 0 aromatic heterocycles. The van der Waals surface area contributed by atoms with Gasteiger partial charge in [0.25, 0.3) is 0 Å². The number of esters is 2. The summed E-state index contributed by atoms with van der Waals surface area (Å²) in [5, 5.41) is 0. The fraction of sp³-hybridized carbons (Fsp3) is 0.814. The van der Waals surface area contributed by atoms with Gasteiger partial charge < -0.3 is 18.9 Å². The molecule has 96 heavy (non-hydrogen) atoms. The zero-order chi connectivity index (χ0) is 69.7. The minimum Gasteiger partial charge on any atom is -0.462 e. The summed E-state index contributed by atoms with van der Waals surface area (Å²) in [6.07, 6.45) is 106. The Kier molecular flexibility index (Phi) is 74.1. The Morgan fingerprint density at radius 1 is 0.333 bits per heavy atom. The number of hydrogen-bond acceptors (Lipinski definition) is 7. The minimum atomic E-state index is -4.40. The number of carbonyl (C=O) groups excluding carboxylic acids is 2. The number of phosphoric ester groups is 1. The number of carbonyl (C=O) groups is 2. The van der Waals surface area contributed by atoms with E-state index in [1.54, 1.807) is 0 Å². The largest absolute Gasteiger partial charge is 0.472 e. The molecule has 0 radical (unpaired) electrons. The van der Waals surface area contributed by atoms with Crippen LogP contribution in [0.5, 0.6) is 0 Å². The molecule has 0 aliphatic rings. The Balaban J connectivity index is 3.89. The Hall–Kier alpha value is -2.81. The summed E-state index contributed by atoms with van der Waals surface area (Å²) in [7, 11) is 1.49. The summed E-state index contributed by atoms with van der Waals surface area (Å²) >= 11 is 0. The topological polar surface area (TPSA) is 108 Å². The van der Waals surface area contributed by atoms with E-state index >= 15 is 0 Å². The molecule has 2 unspecified atom stereocenters. The van der Waals surface area contributed by atoms with Crippen molar-refractivity contribution in [3.05, 3.63) is 85.1 Å². The summed E-state index contributed by atoms with van der Waals surface area (Å²) in [4.78, 5) is 36.0. The first-order valence-corrected chi connectivity index (χ1v) is 42.8. The van der Waals surface area contributed by atoms with E-state index in [1.807, 2.05) is 21.1 Å². The average molecular weight is 1370 g/mol. The molecule has 10 heteroatoms. The Labute approximate surface area is 596 Å². The van der Waals surface area contributed by atoms with Gasteiger partial charge in [0.05, 0.1) is 27.7 Å². The maximum atomic E-state index is 12.9. The fourth-order valence-corrected chi connectivity index (χ4v) is 12.9. The van der Waals surface area contributed by atoms with Crippen molar-refractivity contribution in [1.29, 1.82) is 0 Å². The Morgan fingerprint density at radius 3 is 0.885 bits per heavy atom. The lowest BCUT2D eigenvalue weighted by molar-refractivity contribution is -0.870. The Bertz CT molecular complexity index is 1900. The molecule has 0 fully saturated rings. The molecule has 0 spiro atoms. The third-order valence-corrected chi connectivity index (χ3v) is 19.4. The number of ether oxygens (including phenoxy) is 2. The second kappa shape index (κ2) is 76.4. The van der Waals surface area contributed by atoms with Crippen LogP contribution >= 0.6 is 7.82 Å². The first kappa shape index (κ1) is 93.2. The van der Waals surface area contributed by atoms with Crippen molar-refractivity contribution < 1.29 is 42.1 Å². The summed E-state index contributed by atoms with van der Waals surface area (Å²) < 4.78 is 34.9. The quantitative estimate of drug-likeness (QED) is 0.0211. The average Bonchev–Trinajstić information content (AvgIpc) is 2.54. The van der Waals surface area contributed by atoms with Gasteiger partial charge in [-0.15, -0.1) is 0 Å². The van der Waals surface area contributed by atoms with Crippen molar-refractivity contribution in [2.24, 2.45) is 0 Å². The molecule has 0 aromatic rings. The van der Waals surface area contributed by atoms with Crippen LogP contribution in [0.1, 0.15) is 399 Å². The van der Waals surface area contributed by atoms with E-state index in [0.717, 1.165) is 70.6 Å². The summed E-state index contributed by atoms with van der Waals surface area (Å²) in [5.74, 6) is -0.777. The molecule has 0 saturated heterocycles. The van der Waals surface area contributed by atoms with Crippen molar-refractivity contribution in [1.82, 2.24) is 0 Å². The van der Waals surface area contributed by atoms with Crippen LogP contribution in [-0.2, 0) is 32.7 Å². The standard InChI is InChI=1S/C86H158NO8P/c1-6-8-10-12-14-16-18-20-22-24-26-28-30-32-34-36-38-39-40-41-42-43-44-45-46-47-49-51-53-55-57-59-61-63-65-67-69-71-73-75-77-79-86(89)95-84(83-94-96(90,91)93-81-80-87(3,4)5)82-92-85(88)78-76-74-72-70-68-66-64-62-60-58-56-54-52-50-48-37-35-33-31-29-27-25-23-21-19-17-15-13-11-9-7-2/h8,10,14,16,19-22,25-28,31,33,84H,6-7,9,11-13,15,17-18,23-24,29-30,32,34-83H2,1-5H3/p+1/b10-8-,16-14-,21-19-,22-20-,27-25-,28-26-,33-31-. The molecule has 0 aliphatic carbocycles. The lowest BCUT2D eigenvalue weighted by atomic mass is 10.0. The van der Waals surface area contributed by atoms with Crippen LogP contribution in [0.3, 0.4) is 0 Å². The molecule has 0 rings (SSSR count). The predicted octanol–water partition coefficient (Wildman–Crippen LogP) is 27.6. The van der Waals surface area contributed by atoms with Gasteiger partial charge in [-0.1, -0.05) is 381 Å². The van der Waals surface area contributed by atoms with Crippen LogP contribution in [0.25, 0.3) is 0 Å². The van der Waals surface area contributed by atoms with Crippen molar-refractivity contribution >= 4 is 19.8 Å². The number of likely N-dealkylation sites (N-methyl/N-ethyl adjacent to an activating group) is 1. The fourth-order valence-electron chi connectivity index (χ4n) is 12.1. The number of nitrogens with zero attached hydrogens (tertiary/aromatic N) is 1. The lowest BCUT2D eigenvalue weighted by Gasteiger charge is -2.24. The maximum Gasteiger partial charge on any atom is 0.472 e. The predicted molar refractivity (Wildman–Crippen MR) is 418 cm³/mol. The monoisotopic (exact) mass is 1370 g/mol. The summed E-state index contributed by atoms with van der Waals surface area (Å²) in [6, 6.07) is 0. The van der Waals surface area contributed by atoms with Crippen LogP contribution in [0.15, 0.2) is 85.1 Å². The molecule has 0 aliphatic heterocycles. The van der Waals surface area contributed by atoms with Gasteiger partial charge in [-0.25, -0.2) is 4.57 Å². The van der Waals surface area contributed by atoms with Gasteiger partial charge in [0.15, 0.2) is 6.10 Å². The highest BCUT2D eigenvalue weighted by Gasteiger charge is 2.27. The van der Waals surface area contributed by atoms with Gasteiger partial charge in [0.2, 0.25) is 0 Å². The first-order valence-electron chi connectivity index (χ1n) is 41.3. The second-order valence-corrected chi connectivity index (χ2v) is 30.6. The van der Waals surface area contributed by atoms with E-state index in [2.05, 4.69) is 98.9 Å². The lowest BCUT2D eigenvalue weighted by Crippen LogP contribution is -2.37. The van der Waals surface area contributed by atoms with Crippen molar-refractivity contribution in [3.8, 4) is 0 Å². The number of unbranched alkanes of at least 4 members (excludes halogenated alkanes) is 49. The number of phosphoric acid groups is 1. The highest BCUT2D eigenvalue weighted by molar-refractivity contribution is 7.47. The number of allylic oxidation sites excluding steroid dienone is 14. The highest BCUT2D eigenvalue weighted by atomic mass is 31.2. The molecular formula is C86H159NO8P+. The van der Waals surface area contributed by atoms with E-state index in [0.29, 0.717) is 23.9 Å². The normalized spacial score (nSPS) is 13.4. The van der Waals surface area contributed by atoms with E-state index in [1.165, 1.54) is 295 Å². The summed E-state index contributed by atoms with van der Waals surface area (Å²) in [5.41, 5.74) is 0.